The Morgan fingerprint density at radius 2 is 2.42 bits per heavy atom. The van der Waals surface area contributed by atoms with Crippen LogP contribution >= 0.6 is 11.3 Å². The summed E-state index contributed by atoms with van der Waals surface area (Å²) in [5.41, 5.74) is 0.454. The van der Waals surface area contributed by atoms with Gasteiger partial charge in [-0.1, -0.05) is 0 Å². The number of nitriles is 1. The second-order valence-electron chi connectivity index (χ2n) is 3.64. The minimum absolute atomic E-state index is 0.0167. The summed E-state index contributed by atoms with van der Waals surface area (Å²) in [7, 11) is 0. The number of hydrogen-bond donors (Lipinski definition) is 1. The lowest BCUT2D eigenvalue weighted by Crippen LogP contribution is -2.06. The van der Waals surface area contributed by atoms with Crippen LogP contribution in [0.4, 0.5) is 11.5 Å². The van der Waals surface area contributed by atoms with Crippen LogP contribution in [0.5, 0.6) is 0 Å². The molecule has 2 aromatic heterocycles. The highest BCUT2D eigenvalue weighted by Crippen LogP contribution is 2.26. The molecule has 0 amide bonds. The van der Waals surface area contributed by atoms with Gasteiger partial charge in [-0.15, -0.1) is 11.3 Å². The van der Waals surface area contributed by atoms with Crippen LogP contribution in [0.3, 0.4) is 0 Å². The molecule has 0 atom stereocenters. The molecule has 1 N–H and O–H groups in total. The molecule has 19 heavy (non-hydrogen) atoms. The first-order valence-electron chi connectivity index (χ1n) is 5.30. The molecule has 2 rings (SSSR count). The number of hydrogen-bond acceptors (Lipinski definition) is 7. The zero-order valence-electron chi connectivity index (χ0n) is 9.95. The molecule has 0 saturated carbocycles. The van der Waals surface area contributed by atoms with E-state index in [1.165, 1.54) is 23.6 Å². The Labute approximate surface area is 112 Å². The molecule has 0 saturated heterocycles. The minimum atomic E-state index is -0.611. The smallest absolute Gasteiger partial charge is 0.328 e. The Kier molecular flexibility index (Phi) is 3.68. The maximum absolute atomic E-state index is 11.0. The van der Waals surface area contributed by atoms with Crippen LogP contribution in [-0.4, -0.2) is 14.9 Å². The minimum Gasteiger partial charge on any atom is -0.359 e. The molecule has 2 aromatic rings. The molecule has 0 aliphatic heterocycles. The van der Waals surface area contributed by atoms with Gasteiger partial charge in [0.25, 0.3) is 0 Å². The zero-order valence-corrected chi connectivity index (χ0v) is 10.8. The number of pyridine rings is 1. The molecular weight excluding hydrogens is 266 g/mol. The Balaban J connectivity index is 2.25. The van der Waals surface area contributed by atoms with Crippen molar-refractivity contribution in [3.05, 3.63) is 44.0 Å². The average molecular weight is 275 g/mol. The van der Waals surface area contributed by atoms with Gasteiger partial charge in [-0.2, -0.15) is 5.26 Å². The predicted molar refractivity (Wildman–Crippen MR) is 69.8 cm³/mol. The number of aromatic nitrogens is 2. The second-order valence-corrected chi connectivity index (χ2v) is 4.70. The first-order chi connectivity index (χ1) is 9.11. The SMILES string of the molecule is Cc1nc(CNc2nccc(C#N)c2[N+](=O)[O-])cs1. The highest BCUT2D eigenvalue weighted by molar-refractivity contribution is 7.09. The van der Waals surface area contributed by atoms with E-state index < -0.39 is 4.92 Å². The third-order valence-corrected chi connectivity index (χ3v) is 3.15. The Morgan fingerprint density at radius 1 is 1.63 bits per heavy atom. The van der Waals surface area contributed by atoms with Crippen molar-refractivity contribution in [1.29, 1.82) is 5.26 Å². The normalized spacial score (nSPS) is 9.89. The molecule has 0 fully saturated rings. The maximum atomic E-state index is 11.0. The van der Waals surface area contributed by atoms with Crippen molar-refractivity contribution in [1.82, 2.24) is 9.97 Å². The lowest BCUT2D eigenvalue weighted by atomic mass is 10.2. The van der Waals surface area contributed by atoms with Crippen molar-refractivity contribution < 1.29 is 4.92 Å². The van der Waals surface area contributed by atoms with Crippen molar-refractivity contribution in [2.45, 2.75) is 13.5 Å². The Bertz CT molecular complexity index is 661. The van der Waals surface area contributed by atoms with Crippen LogP contribution in [0.15, 0.2) is 17.6 Å². The number of thiazole rings is 1. The van der Waals surface area contributed by atoms with E-state index in [-0.39, 0.29) is 17.1 Å². The quantitative estimate of drug-likeness (QED) is 0.677. The van der Waals surface area contributed by atoms with E-state index in [4.69, 9.17) is 5.26 Å². The van der Waals surface area contributed by atoms with Crippen LogP contribution in [-0.2, 0) is 6.54 Å². The van der Waals surface area contributed by atoms with Gasteiger partial charge in [0.1, 0.15) is 11.6 Å². The topological polar surface area (TPSA) is 105 Å². The van der Waals surface area contributed by atoms with E-state index in [9.17, 15) is 10.1 Å². The fourth-order valence-corrected chi connectivity index (χ4v) is 2.13. The summed E-state index contributed by atoms with van der Waals surface area (Å²) < 4.78 is 0. The second kappa shape index (κ2) is 5.41. The first-order valence-corrected chi connectivity index (χ1v) is 6.18. The van der Waals surface area contributed by atoms with Gasteiger partial charge in [0.05, 0.1) is 22.2 Å². The Morgan fingerprint density at radius 3 is 3.00 bits per heavy atom. The van der Waals surface area contributed by atoms with E-state index in [0.29, 0.717) is 6.54 Å². The molecule has 0 aliphatic rings. The number of nitrogens with zero attached hydrogens (tertiary/aromatic N) is 4. The summed E-state index contributed by atoms with van der Waals surface area (Å²) in [5, 5.41) is 25.5. The van der Waals surface area contributed by atoms with Gasteiger partial charge in [0, 0.05) is 11.6 Å². The van der Waals surface area contributed by atoms with E-state index in [0.717, 1.165) is 10.7 Å². The van der Waals surface area contributed by atoms with Gasteiger partial charge < -0.3 is 5.32 Å². The molecule has 8 heteroatoms. The van der Waals surface area contributed by atoms with Crippen molar-refractivity contribution in [2.24, 2.45) is 0 Å². The summed E-state index contributed by atoms with van der Waals surface area (Å²) in [6, 6.07) is 3.10. The van der Waals surface area contributed by atoms with E-state index in [1.807, 2.05) is 12.3 Å². The molecule has 0 aromatic carbocycles. The summed E-state index contributed by atoms with van der Waals surface area (Å²) >= 11 is 1.50. The molecule has 96 valence electrons. The van der Waals surface area contributed by atoms with Crippen molar-refractivity contribution in [3.63, 3.8) is 0 Å². The van der Waals surface area contributed by atoms with Crippen LogP contribution in [0.2, 0.25) is 0 Å². The van der Waals surface area contributed by atoms with E-state index in [2.05, 4.69) is 15.3 Å². The molecule has 0 aliphatic carbocycles. The molecule has 0 bridgehead atoms. The average Bonchev–Trinajstić information content (AvgIpc) is 2.81. The number of nitrogens with one attached hydrogen (secondary N) is 1. The fraction of sp³-hybridized carbons (Fsp3) is 0.182. The Hall–Kier alpha value is -2.53. The number of nitro groups is 1. The van der Waals surface area contributed by atoms with E-state index >= 15 is 0 Å². The van der Waals surface area contributed by atoms with Crippen LogP contribution in [0.25, 0.3) is 0 Å². The van der Waals surface area contributed by atoms with E-state index in [1.54, 1.807) is 6.07 Å². The standard InChI is InChI=1S/C11H9N5O2S/c1-7-15-9(6-19-7)5-14-11-10(16(17)18)8(4-12)2-3-13-11/h2-3,6H,5H2,1H3,(H,13,14). The van der Waals surface area contributed by atoms with Crippen LogP contribution < -0.4 is 5.32 Å². The summed E-state index contributed by atoms with van der Waals surface area (Å²) in [4.78, 5) is 18.5. The van der Waals surface area contributed by atoms with Crippen molar-refractivity contribution in [2.75, 3.05) is 5.32 Å². The summed E-state index contributed by atoms with van der Waals surface area (Å²) in [6.45, 7) is 2.21. The van der Waals surface area contributed by atoms with Crippen LogP contribution in [0, 0.1) is 28.4 Å². The van der Waals surface area contributed by atoms with Gasteiger partial charge in [-0.25, -0.2) is 9.97 Å². The number of rotatable bonds is 4. The summed E-state index contributed by atoms with van der Waals surface area (Å²) in [5.74, 6) is 0.0784. The largest absolute Gasteiger partial charge is 0.359 e. The zero-order chi connectivity index (χ0) is 13.8. The van der Waals surface area contributed by atoms with Crippen LogP contribution in [0.1, 0.15) is 16.3 Å². The molecule has 0 unspecified atom stereocenters. The lowest BCUT2D eigenvalue weighted by Gasteiger charge is -2.04. The fourth-order valence-electron chi connectivity index (χ4n) is 1.52. The molecule has 0 radical (unpaired) electrons. The van der Waals surface area contributed by atoms with Gasteiger partial charge in [-0.3, -0.25) is 10.1 Å². The molecule has 7 nitrogen and oxygen atoms in total. The highest BCUT2D eigenvalue weighted by Gasteiger charge is 2.20. The predicted octanol–water partition coefficient (Wildman–Crippen LogP) is 2.24. The number of aryl methyl sites for hydroxylation is 1. The van der Waals surface area contributed by atoms with Gasteiger partial charge in [-0.05, 0) is 13.0 Å². The monoisotopic (exact) mass is 275 g/mol. The summed E-state index contributed by atoms with van der Waals surface area (Å²) in [6.07, 6.45) is 1.36. The van der Waals surface area contributed by atoms with Gasteiger partial charge in [0.15, 0.2) is 0 Å². The molecule has 2 heterocycles. The highest BCUT2D eigenvalue weighted by atomic mass is 32.1. The molecular formula is C11H9N5O2S. The lowest BCUT2D eigenvalue weighted by molar-refractivity contribution is -0.384. The third-order valence-electron chi connectivity index (χ3n) is 2.33. The van der Waals surface area contributed by atoms with Gasteiger partial charge in [0.2, 0.25) is 5.82 Å². The van der Waals surface area contributed by atoms with Crippen molar-refractivity contribution in [3.8, 4) is 6.07 Å². The van der Waals surface area contributed by atoms with Crippen molar-refractivity contribution >= 4 is 22.8 Å². The number of anilines is 1. The third kappa shape index (κ3) is 2.83. The molecule has 0 spiro atoms. The van der Waals surface area contributed by atoms with Gasteiger partial charge >= 0.3 is 5.69 Å². The maximum Gasteiger partial charge on any atom is 0.328 e. The first kappa shape index (κ1) is 12.9.